The fourth-order valence-electron chi connectivity index (χ4n) is 1.48. The van der Waals surface area contributed by atoms with E-state index >= 15 is 0 Å². The Hall–Kier alpha value is -1.35. The molecule has 0 saturated carbocycles. The third-order valence-electron chi connectivity index (χ3n) is 2.05. The Morgan fingerprint density at radius 2 is 1.94 bits per heavy atom. The lowest BCUT2D eigenvalue weighted by Crippen LogP contribution is -2.25. The van der Waals surface area contributed by atoms with Gasteiger partial charge >= 0.3 is 5.97 Å². The van der Waals surface area contributed by atoms with Crippen LogP contribution in [0.5, 0.6) is 0 Å². The monoisotopic (exact) mass is 268 g/mol. The van der Waals surface area contributed by atoms with Gasteiger partial charge in [-0.25, -0.2) is 0 Å². The average Bonchev–Trinajstić information content (AvgIpc) is 2.13. The van der Waals surface area contributed by atoms with E-state index in [0.717, 1.165) is 5.56 Å². The van der Waals surface area contributed by atoms with Gasteiger partial charge in [-0.1, -0.05) is 23.7 Å². The first kappa shape index (κ1) is 14.7. The van der Waals surface area contributed by atoms with Crippen LogP contribution in [0.1, 0.15) is 32.8 Å². The van der Waals surface area contributed by atoms with Crippen molar-refractivity contribution in [2.24, 2.45) is 0 Å². The lowest BCUT2D eigenvalue weighted by Gasteiger charge is -2.19. The van der Waals surface area contributed by atoms with Gasteiger partial charge in [0.05, 0.1) is 0 Å². The van der Waals surface area contributed by atoms with Crippen LogP contribution in [0.3, 0.4) is 0 Å². The maximum absolute atomic E-state index is 11.7. The van der Waals surface area contributed by atoms with Crippen LogP contribution in [0.25, 0.3) is 0 Å². The molecule has 18 heavy (non-hydrogen) atoms. The normalized spacial score (nSPS) is 11.1. The fraction of sp³-hybridized carbons (Fsp3) is 0.429. The Labute approximate surface area is 112 Å². The van der Waals surface area contributed by atoms with Gasteiger partial charge in [0, 0.05) is 11.4 Å². The molecule has 0 aliphatic rings. The molecule has 0 atom stereocenters. The average molecular weight is 269 g/mol. The van der Waals surface area contributed by atoms with Crippen LogP contribution in [0, 0.1) is 0 Å². The van der Waals surface area contributed by atoms with Crippen molar-refractivity contribution in [3.63, 3.8) is 0 Å². The van der Waals surface area contributed by atoms with Crippen LogP contribution in [0.15, 0.2) is 24.3 Å². The topological polar surface area (TPSA) is 43.4 Å². The van der Waals surface area contributed by atoms with Gasteiger partial charge in [0.25, 0.3) is 0 Å². The van der Waals surface area contributed by atoms with Crippen molar-refractivity contribution in [1.82, 2.24) is 0 Å². The zero-order chi connectivity index (χ0) is 13.8. The standard InChI is InChI=1S/C14H17ClO3/c1-14(2,3)18-13(17)9-12(16)8-10-5-4-6-11(15)7-10/h4-7H,8-9H2,1-3H3. The lowest BCUT2D eigenvalue weighted by atomic mass is 10.1. The minimum absolute atomic E-state index is 0.175. The quantitative estimate of drug-likeness (QED) is 0.622. The molecule has 1 aromatic carbocycles. The SMILES string of the molecule is CC(C)(C)OC(=O)CC(=O)Cc1cccc(Cl)c1. The van der Waals surface area contributed by atoms with Crippen LogP contribution < -0.4 is 0 Å². The molecule has 1 aromatic rings. The Kier molecular flexibility index (Phi) is 4.91. The molecule has 1 rings (SSSR count). The second-order valence-corrected chi connectivity index (χ2v) is 5.55. The number of carbonyl (C=O) groups excluding carboxylic acids is 2. The van der Waals surface area contributed by atoms with E-state index in [2.05, 4.69) is 0 Å². The van der Waals surface area contributed by atoms with Gasteiger partial charge in [-0.15, -0.1) is 0 Å². The van der Waals surface area contributed by atoms with Crippen molar-refractivity contribution >= 4 is 23.4 Å². The molecule has 0 heterocycles. The van der Waals surface area contributed by atoms with Gasteiger partial charge in [-0.3, -0.25) is 9.59 Å². The Morgan fingerprint density at radius 3 is 2.50 bits per heavy atom. The summed E-state index contributed by atoms with van der Waals surface area (Å²) in [6.45, 7) is 5.31. The molecule has 0 unspecified atom stereocenters. The number of halogens is 1. The predicted molar refractivity (Wildman–Crippen MR) is 70.6 cm³/mol. The van der Waals surface area contributed by atoms with Crippen molar-refractivity contribution < 1.29 is 14.3 Å². The molecule has 0 spiro atoms. The molecule has 0 amide bonds. The second-order valence-electron chi connectivity index (χ2n) is 5.11. The van der Waals surface area contributed by atoms with Crippen LogP contribution in [0.4, 0.5) is 0 Å². The van der Waals surface area contributed by atoms with E-state index in [1.165, 1.54) is 0 Å². The number of Topliss-reactive ketones (excluding diaryl/α,β-unsaturated/α-hetero) is 1. The summed E-state index contributed by atoms with van der Waals surface area (Å²) in [4.78, 5) is 23.1. The Balaban J connectivity index is 2.50. The molecule has 0 aliphatic heterocycles. The van der Waals surface area contributed by atoms with E-state index in [4.69, 9.17) is 16.3 Å². The molecular formula is C14H17ClO3. The molecule has 98 valence electrons. The first-order chi connectivity index (χ1) is 8.26. The highest BCUT2D eigenvalue weighted by atomic mass is 35.5. The largest absolute Gasteiger partial charge is 0.460 e. The molecule has 0 saturated heterocycles. The van der Waals surface area contributed by atoms with Crippen LogP contribution in [-0.2, 0) is 20.7 Å². The van der Waals surface area contributed by atoms with Crippen molar-refractivity contribution in [3.8, 4) is 0 Å². The fourth-order valence-corrected chi connectivity index (χ4v) is 1.69. The number of carbonyl (C=O) groups is 2. The third kappa shape index (κ3) is 5.82. The summed E-state index contributed by atoms with van der Waals surface area (Å²) in [6.07, 6.45) is -0.0103. The lowest BCUT2D eigenvalue weighted by molar-refractivity contribution is -0.156. The summed E-state index contributed by atoms with van der Waals surface area (Å²) in [5.74, 6) is -0.666. The van der Waals surface area contributed by atoms with Crippen molar-refractivity contribution in [1.29, 1.82) is 0 Å². The number of rotatable bonds is 4. The summed E-state index contributed by atoms with van der Waals surface area (Å²) >= 11 is 5.82. The summed E-state index contributed by atoms with van der Waals surface area (Å²) in [6, 6.07) is 7.04. The molecule has 0 aliphatic carbocycles. The maximum atomic E-state index is 11.7. The smallest absolute Gasteiger partial charge is 0.313 e. The summed E-state index contributed by atoms with van der Waals surface area (Å²) in [5.41, 5.74) is 0.240. The van der Waals surface area contributed by atoms with E-state index in [0.29, 0.717) is 5.02 Å². The van der Waals surface area contributed by atoms with Crippen molar-refractivity contribution in [3.05, 3.63) is 34.9 Å². The molecule has 0 fully saturated rings. The number of hydrogen-bond acceptors (Lipinski definition) is 3. The number of ether oxygens (including phenoxy) is 1. The van der Waals surface area contributed by atoms with E-state index in [1.54, 1.807) is 45.0 Å². The van der Waals surface area contributed by atoms with Gasteiger partial charge in [0.1, 0.15) is 17.8 Å². The molecule has 0 N–H and O–H groups in total. The first-order valence-corrected chi connectivity index (χ1v) is 6.12. The predicted octanol–water partition coefficient (Wildman–Crippen LogP) is 3.18. The van der Waals surface area contributed by atoms with E-state index in [9.17, 15) is 9.59 Å². The maximum Gasteiger partial charge on any atom is 0.313 e. The number of esters is 1. The summed E-state index contributed by atoms with van der Waals surface area (Å²) in [5, 5.41) is 0.581. The van der Waals surface area contributed by atoms with Gasteiger partial charge in [-0.2, -0.15) is 0 Å². The number of benzene rings is 1. The molecule has 0 aromatic heterocycles. The third-order valence-corrected chi connectivity index (χ3v) is 2.29. The van der Waals surface area contributed by atoms with E-state index < -0.39 is 11.6 Å². The Bertz CT molecular complexity index is 447. The molecule has 3 nitrogen and oxygen atoms in total. The van der Waals surface area contributed by atoms with Gasteiger partial charge in [0.15, 0.2) is 0 Å². The van der Waals surface area contributed by atoms with Crippen molar-refractivity contribution in [2.75, 3.05) is 0 Å². The first-order valence-electron chi connectivity index (χ1n) is 5.74. The Morgan fingerprint density at radius 1 is 1.28 bits per heavy atom. The minimum Gasteiger partial charge on any atom is -0.460 e. The van der Waals surface area contributed by atoms with E-state index in [1.807, 2.05) is 0 Å². The van der Waals surface area contributed by atoms with Gasteiger partial charge < -0.3 is 4.74 Å². The van der Waals surface area contributed by atoms with Gasteiger partial charge in [0.2, 0.25) is 0 Å². The number of hydrogen-bond donors (Lipinski definition) is 0. The van der Waals surface area contributed by atoms with Crippen LogP contribution in [-0.4, -0.2) is 17.4 Å². The van der Waals surface area contributed by atoms with Gasteiger partial charge in [-0.05, 0) is 38.5 Å². The minimum atomic E-state index is -0.562. The highest BCUT2D eigenvalue weighted by Gasteiger charge is 2.18. The highest BCUT2D eigenvalue weighted by Crippen LogP contribution is 2.13. The summed E-state index contributed by atoms with van der Waals surface area (Å²) < 4.78 is 5.08. The second kappa shape index (κ2) is 6.01. The number of ketones is 1. The highest BCUT2D eigenvalue weighted by molar-refractivity contribution is 6.30. The zero-order valence-electron chi connectivity index (χ0n) is 10.8. The van der Waals surface area contributed by atoms with Crippen LogP contribution in [0.2, 0.25) is 5.02 Å². The van der Waals surface area contributed by atoms with Crippen LogP contribution >= 0.6 is 11.6 Å². The molecule has 0 radical (unpaired) electrons. The molecule has 4 heteroatoms. The zero-order valence-corrected chi connectivity index (χ0v) is 11.6. The van der Waals surface area contributed by atoms with E-state index in [-0.39, 0.29) is 18.6 Å². The molecule has 0 bridgehead atoms. The van der Waals surface area contributed by atoms with Crippen molar-refractivity contribution in [2.45, 2.75) is 39.2 Å². The summed E-state index contributed by atoms with van der Waals surface area (Å²) in [7, 11) is 0. The molecular weight excluding hydrogens is 252 g/mol.